The highest BCUT2D eigenvalue weighted by Crippen LogP contribution is 2.04. The molecule has 0 aliphatic heterocycles. The smallest absolute Gasteiger partial charge is 0.334 e. The zero-order valence-corrected chi connectivity index (χ0v) is 10.1. The van der Waals surface area contributed by atoms with Gasteiger partial charge in [0.2, 0.25) is 0 Å². The van der Waals surface area contributed by atoms with Crippen molar-refractivity contribution in [2.24, 2.45) is 0 Å². The second-order valence-corrected chi connectivity index (χ2v) is 3.71. The summed E-state index contributed by atoms with van der Waals surface area (Å²) in [5, 5.41) is 0. The number of esters is 1. The number of hydrogen-bond acceptors (Lipinski definition) is 3. The maximum Gasteiger partial charge on any atom is 0.334 e. The third kappa shape index (κ3) is 4.64. The highest BCUT2D eigenvalue weighted by atomic mass is 16.5. The number of ether oxygens (including phenoxy) is 1. The Morgan fingerprint density at radius 3 is 2.47 bits per heavy atom. The fourth-order valence-corrected chi connectivity index (χ4v) is 1.24. The molecule has 1 rings (SSSR count). The maximum atomic E-state index is 11.5. The van der Waals surface area contributed by atoms with Crippen molar-refractivity contribution in [2.45, 2.75) is 26.9 Å². The monoisotopic (exact) mass is 232 g/mol. The van der Waals surface area contributed by atoms with Crippen LogP contribution in [0.25, 0.3) is 0 Å². The molecule has 3 nitrogen and oxygen atoms in total. The lowest BCUT2D eigenvalue weighted by Gasteiger charge is -2.04. The van der Waals surface area contributed by atoms with Gasteiger partial charge in [-0.3, -0.25) is 4.79 Å². The molecule has 17 heavy (non-hydrogen) atoms. The van der Waals surface area contributed by atoms with Crippen LogP contribution in [0.15, 0.2) is 42.0 Å². The molecule has 0 spiro atoms. The topological polar surface area (TPSA) is 43.4 Å². The van der Waals surface area contributed by atoms with E-state index in [4.69, 9.17) is 4.74 Å². The number of benzene rings is 1. The minimum absolute atomic E-state index is 0.0702. The SMILES string of the molecule is CCC(=O)/C=C(\C)C(=O)OCc1ccccc1. The number of ketones is 1. The number of carbonyl (C=O) groups excluding carboxylic acids is 2. The summed E-state index contributed by atoms with van der Waals surface area (Å²) in [4.78, 5) is 22.6. The first-order chi connectivity index (χ1) is 8.13. The van der Waals surface area contributed by atoms with Gasteiger partial charge in [0.05, 0.1) is 0 Å². The van der Waals surface area contributed by atoms with Gasteiger partial charge >= 0.3 is 5.97 Å². The van der Waals surface area contributed by atoms with Crippen LogP contribution in [0.3, 0.4) is 0 Å². The number of hydrogen-bond donors (Lipinski definition) is 0. The summed E-state index contributed by atoms with van der Waals surface area (Å²) in [5.74, 6) is -0.519. The molecule has 0 saturated heterocycles. The van der Waals surface area contributed by atoms with Crippen LogP contribution in [0.2, 0.25) is 0 Å². The van der Waals surface area contributed by atoms with Gasteiger partial charge in [0.25, 0.3) is 0 Å². The van der Waals surface area contributed by atoms with Gasteiger partial charge in [-0.05, 0) is 18.6 Å². The summed E-state index contributed by atoms with van der Waals surface area (Å²) < 4.78 is 5.08. The van der Waals surface area contributed by atoms with Crippen molar-refractivity contribution in [3.63, 3.8) is 0 Å². The van der Waals surface area contributed by atoms with Gasteiger partial charge in [-0.1, -0.05) is 37.3 Å². The van der Waals surface area contributed by atoms with Gasteiger partial charge in [0, 0.05) is 12.0 Å². The van der Waals surface area contributed by atoms with Crippen LogP contribution in [0.4, 0.5) is 0 Å². The first-order valence-electron chi connectivity index (χ1n) is 5.55. The Morgan fingerprint density at radius 2 is 1.88 bits per heavy atom. The first kappa shape index (κ1) is 13.2. The van der Waals surface area contributed by atoms with Gasteiger partial charge in [-0.2, -0.15) is 0 Å². The third-order valence-corrected chi connectivity index (χ3v) is 2.26. The van der Waals surface area contributed by atoms with Crippen molar-refractivity contribution >= 4 is 11.8 Å². The van der Waals surface area contributed by atoms with Crippen molar-refractivity contribution in [2.75, 3.05) is 0 Å². The molecule has 0 fully saturated rings. The highest BCUT2D eigenvalue weighted by molar-refractivity contribution is 5.98. The standard InChI is InChI=1S/C14H16O3/c1-3-13(15)9-11(2)14(16)17-10-12-7-5-4-6-8-12/h4-9H,3,10H2,1-2H3/b11-9+. The average Bonchev–Trinajstić information content (AvgIpc) is 2.36. The van der Waals surface area contributed by atoms with Crippen molar-refractivity contribution in [3.05, 3.63) is 47.5 Å². The molecule has 0 aliphatic rings. The quantitative estimate of drug-likeness (QED) is 0.579. The molecule has 0 amide bonds. The van der Waals surface area contributed by atoms with Crippen LogP contribution in [0.1, 0.15) is 25.8 Å². The number of carbonyl (C=O) groups is 2. The Balaban J connectivity index is 2.50. The van der Waals surface area contributed by atoms with E-state index < -0.39 is 5.97 Å². The summed E-state index contributed by atoms with van der Waals surface area (Å²) >= 11 is 0. The van der Waals surface area contributed by atoms with Gasteiger partial charge < -0.3 is 4.74 Å². The van der Waals surface area contributed by atoms with Crippen LogP contribution in [0, 0.1) is 0 Å². The zero-order valence-electron chi connectivity index (χ0n) is 10.1. The van der Waals surface area contributed by atoms with E-state index in [1.54, 1.807) is 13.8 Å². The summed E-state index contributed by atoms with van der Waals surface area (Å²) in [7, 11) is 0. The zero-order chi connectivity index (χ0) is 12.7. The molecule has 3 heteroatoms. The molecule has 0 heterocycles. The minimum atomic E-state index is -0.448. The molecular weight excluding hydrogens is 216 g/mol. The lowest BCUT2D eigenvalue weighted by atomic mass is 10.2. The van der Waals surface area contributed by atoms with Crippen molar-refractivity contribution in [1.29, 1.82) is 0 Å². The van der Waals surface area contributed by atoms with E-state index in [1.807, 2.05) is 30.3 Å². The summed E-state index contributed by atoms with van der Waals surface area (Å²) in [5.41, 5.74) is 1.27. The van der Waals surface area contributed by atoms with E-state index in [2.05, 4.69) is 0 Å². The van der Waals surface area contributed by atoms with Gasteiger partial charge in [0.1, 0.15) is 6.61 Å². The molecule has 0 atom stereocenters. The molecule has 0 aliphatic carbocycles. The van der Waals surface area contributed by atoms with Crippen LogP contribution in [-0.2, 0) is 20.9 Å². The minimum Gasteiger partial charge on any atom is -0.457 e. The fraction of sp³-hybridized carbons (Fsp3) is 0.286. The van der Waals surface area contributed by atoms with Crippen molar-refractivity contribution in [1.82, 2.24) is 0 Å². The lowest BCUT2D eigenvalue weighted by molar-refractivity contribution is -0.140. The second kappa shape index (κ2) is 6.63. The van der Waals surface area contributed by atoms with Crippen LogP contribution < -0.4 is 0 Å². The number of allylic oxidation sites excluding steroid dienone is 1. The lowest BCUT2D eigenvalue weighted by Crippen LogP contribution is -2.07. The highest BCUT2D eigenvalue weighted by Gasteiger charge is 2.07. The Bertz CT molecular complexity index is 418. The van der Waals surface area contributed by atoms with E-state index in [0.29, 0.717) is 12.0 Å². The Labute approximate surface area is 101 Å². The maximum absolute atomic E-state index is 11.5. The molecule has 0 N–H and O–H groups in total. The predicted octanol–water partition coefficient (Wildman–Crippen LogP) is 2.66. The predicted molar refractivity (Wildman–Crippen MR) is 65.3 cm³/mol. The largest absolute Gasteiger partial charge is 0.457 e. The van der Waals surface area contributed by atoms with E-state index in [9.17, 15) is 9.59 Å². The molecule has 0 saturated carbocycles. The van der Waals surface area contributed by atoms with Gasteiger partial charge in [-0.25, -0.2) is 4.79 Å². The molecule has 0 unspecified atom stereocenters. The molecule has 90 valence electrons. The van der Waals surface area contributed by atoms with Crippen molar-refractivity contribution in [3.8, 4) is 0 Å². The summed E-state index contributed by atoms with van der Waals surface area (Å²) in [6, 6.07) is 9.42. The molecular formula is C14H16O3. The van der Waals surface area contributed by atoms with Crippen molar-refractivity contribution < 1.29 is 14.3 Å². The first-order valence-corrected chi connectivity index (χ1v) is 5.55. The molecule has 1 aromatic rings. The Hall–Kier alpha value is -1.90. The van der Waals surface area contributed by atoms with E-state index in [0.717, 1.165) is 5.56 Å². The Morgan fingerprint density at radius 1 is 1.24 bits per heavy atom. The third-order valence-electron chi connectivity index (χ3n) is 2.26. The Kier molecular flexibility index (Phi) is 5.14. The molecule has 0 aromatic heterocycles. The van der Waals surface area contributed by atoms with E-state index in [-0.39, 0.29) is 12.4 Å². The second-order valence-electron chi connectivity index (χ2n) is 3.71. The van der Waals surface area contributed by atoms with Crippen LogP contribution >= 0.6 is 0 Å². The summed E-state index contributed by atoms with van der Waals surface area (Å²) in [6.45, 7) is 3.56. The van der Waals surface area contributed by atoms with Crippen LogP contribution in [0.5, 0.6) is 0 Å². The van der Waals surface area contributed by atoms with Crippen LogP contribution in [-0.4, -0.2) is 11.8 Å². The van der Waals surface area contributed by atoms with E-state index in [1.165, 1.54) is 6.08 Å². The molecule has 0 bridgehead atoms. The molecule has 1 aromatic carbocycles. The van der Waals surface area contributed by atoms with Gasteiger partial charge in [0.15, 0.2) is 5.78 Å². The average molecular weight is 232 g/mol. The van der Waals surface area contributed by atoms with Gasteiger partial charge in [-0.15, -0.1) is 0 Å². The number of rotatable bonds is 5. The molecule has 0 radical (unpaired) electrons. The fourth-order valence-electron chi connectivity index (χ4n) is 1.24. The normalized spacial score (nSPS) is 11.1. The van der Waals surface area contributed by atoms with E-state index >= 15 is 0 Å². The summed E-state index contributed by atoms with van der Waals surface area (Å²) in [6.07, 6.45) is 1.72.